The largest absolute Gasteiger partial charge is 0.294 e. The fourth-order valence-electron chi connectivity index (χ4n) is 1.82. The van der Waals surface area contributed by atoms with Crippen molar-refractivity contribution in [1.82, 2.24) is 0 Å². The second-order valence-electron chi connectivity index (χ2n) is 4.16. The standard InChI is InChI=1S/C11H18O/c1-7(2)10-6-5-8(3)9(4)11(10)12/h7,10H,5-6H2,1-4H3. The number of Topliss-reactive ketones (excluding diaryl/α,β-unsaturated/α-hetero) is 1. The van der Waals surface area contributed by atoms with E-state index in [1.807, 2.05) is 6.92 Å². The van der Waals surface area contributed by atoms with Gasteiger partial charge in [0.2, 0.25) is 0 Å². The lowest BCUT2D eigenvalue weighted by atomic mass is 9.78. The van der Waals surface area contributed by atoms with E-state index in [0.717, 1.165) is 18.4 Å². The highest BCUT2D eigenvalue weighted by Crippen LogP contribution is 2.30. The number of hydrogen-bond donors (Lipinski definition) is 0. The van der Waals surface area contributed by atoms with Gasteiger partial charge in [-0.2, -0.15) is 0 Å². The summed E-state index contributed by atoms with van der Waals surface area (Å²) >= 11 is 0. The summed E-state index contributed by atoms with van der Waals surface area (Å²) in [5.74, 6) is 1.17. The fourth-order valence-corrected chi connectivity index (χ4v) is 1.82. The predicted molar refractivity (Wildman–Crippen MR) is 50.9 cm³/mol. The summed E-state index contributed by atoms with van der Waals surface area (Å²) in [4.78, 5) is 11.7. The molecule has 0 aliphatic heterocycles. The average molecular weight is 166 g/mol. The van der Waals surface area contributed by atoms with Crippen LogP contribution in [0, 0.1) is 11.8 Å². The molecule has 0 fully saturated rings. The zero-order chi connectivity index (χ0) is 9.30. The van der Waals surface area contributed by atoms with Crippen LogP contribution in [0.4, 0.5) is 0 Å². The molecule has 0 aromatic rings. The third kappa shape index (κ3) is 1.60. The van der Waals surface area contributed by atoms with E-state index in [0.29, 0.717) is 11.7 Å². The van der Waals surface area contributed by atoms with Gasteiger partial charge in [-0.1, -0.05) is 19.4 Å². The van der Waals surface area contributed by atoms with E-state index in [-0.39, 0.29) is 5.92 Å². The Labute approximate surface area is 74.9 Å². The smallest absolute Gasteiger partial charge is 0.161 e. The van der Waals surface area contributed by atoms with Gasteiger partial charge in [-0.3, -0.25) is 4.79 Å². The number of rotatable bonds is 1. The van der Waals surface area contributed by atoms with Crippen LogP contribution in [-0.4, -0.2) is 5.78 Å². The predicted octanol–water partition coefficient (Wildman–Crippen LogP) is 2.96. The number of ketones is 1. The Morgan fingerprint density at radius 1 is 1.33 bits per heavy atom. The van der Waals surface area contributed by atoms with Crippen LogP contribution >= 0.6 is 0 Å². The molecule has 0 radical (unpaired) electrons. The Kier molecular flexibility index (Phi) is 2.71. The molecule has 0 aromatic heterocycles. The summed E-state index contributed by atoms with van der Waals surface area (Å²) in [7, 11) is 0. The molecule has 12 heavy (non-hydrogen) atoms. The van der Waals surface area contributed by atoms with Crippen molar-refractivity contribution in [2.24, 2.45) is 11.8 Å². The maximum Gasteiger partial charge on any atom is 0.161 e. The first-order valence-corrected chi connectivity index (χ1v) is 4.74. The summed E-state index contributed by atoms with van der Waals surface area (Å²) in [5.41, 5.74) is 2.30. The maximum atomic E-state index is 11.7. The minimum atomic E-state index is 0.286. The van der Waals surface area contributed by atoms with Crippen molar-refractivity contribution in [3.63, 3.8) is 0 Å². The van der Waals surface area contributed by atoms with E-state index in [2.05, 4.69) is 20.8 Å². The average Bonchev–Trinajstić information content (AvgIpc) is 2.00. The minimum absolute atomic E-state index is 0.286. The van der Waals surface area contributed by atoms with Gasteiger partial charge in [0.25, 0.3) is 0 Å². The lowest BCUT2D eigenvalue weighted by molar-refractivity contribution is -0.121. The Morgan fingerprint density at radius 3 is 2.42 bits per heavy atom. The van der Waals surface area contributed by atoms with E-state index in [4.69, 9.17) is 0 Å². The Morgan fingerprint density at radius 2 is 1.92 bits per heavy atom. The third-order valence-electron chi connectivity index (χ3n) is 2.98. The van der Waals surface area contributed by atoms with Gasteiger partial charge in [0.15, 0.2) is 5.78 Å². The van der Waals surface area contributed by atoms with Crippen molar-refractivity contribution >= 4 is 5.78 Å². The van der Waals surface area contributed by atoms with Gasteiger partial charge < -0.3 is 0 Å². The van der Waals surface area contributed by atoms with Gasteiger partial charge in [0.05, 0.1) is 0 Å². The van der Waals surface area contributed by atoms with Crippen LogP contribution < -0.4 is 0 Å². The molecule has 1 rings (SSSR count). The molecule has 0 saturated carbocycles. The Hall–Kier alpha value is -0.590. The normalized spacial score (nSPS) is 25.4. The van der Waals surface area contributed by atoms with Crippen molar-refractivity contribution in [1.29, 1.82) is 0 Å². The molecule has 0 N–H and O–H groups in total. The highest BCUT2D eigenvalue weighted by molar-refractivity contribution is 5.98. The summed E-state index contributed by atoms with van der Waals surface area (Å²) in [5, 5.41) is 0. The summed E-state index contributed by atoms with van der Waals surface area (Å²) < 4.78 is 0. The van der Waals surface area contributed by atoms with E-state index in [1.165, 1.54) is 5.57 Å². The number of carbonyl (C=O) groups excluding carboxylic acids is 1. The molecule has 1 aliphatic rings. The SMILES string of the molecule is CC1=C(C)C(=O)C(C(C)C)CC1. The van der Waals surface area contributed by atoms with Crippen LogP contribution in [0.2, 0.25) is 0 Å². The van der Waals surface area contributed by atoms with Crippen LogP contribution in [0.3, 0.4) is 0 Å². The molecule has 1 heteroatoms. The topological polar surface area (TPSA) is 17.1 Å². The number of allylic oxidation sites excluding steroid dienone is 2. The summed E-state index contributed by atoms with van der Waals surface area (Å²) in [6, 6.07) is 0. The molecule has 0 amide bonds. The van der Waals surface area contributed by atoms with E-state index < -0.39 is 0 Å². The van der Waals surface area contributed by atoms with E-state index in [1.54, 1.807) is 0 Å². The van der Waals surface area contributed by atoms with Gasteiger partial charge in [0, 0.05) is 5.92 Å². The molecular formula is C11H18O. The van der Waals surface area contributed by atoms with Gasteiger partial charge in [-0.05, 0) is 38.2 Å². The lowest BCUT2D eigenvalue weighted by Crippen LogP contribution is -2.25. The molecule has 0 aromatic carbocycles. The molecular weight excluding hydrogens is 148 g/mol. The van der Waals surface area contributed by atoms with Gasteiger partial charge in [-0.15, -0.1) is 0 Å². The molecule has 0 bridgehead atoms. The maximum absolute atomic E-state index is 11.7. The van der Waals surface area contributed by atoms with Crippen LogP contribution in [0.25, 0.3) is 0 Å². The van der Waals surface area contributed by atoms with Crippen molar-refractivity contribution in [3.05, 3.63) is 11.1 Å². The Bertz CT molecular complexity index is 223. The molecule has 1 atom stereocenters. The first-order valence-electron chi connectivity index (χ1n) is 4.74. The Balaban J connectivity index is 2.84. The van der Waals surface area contributed by atoms with Crippen LogP contribution in [0.5, 0.6) is 0 Å². The van der Waals surface area contributed by atoms with Crippen LogP contribution in [-0.2, 0) is 4.79 Å². The monoisotopic (exact) mass is 166 g/mol. The second-order valence-corrected chi connectivity index (χ2v) is 4.16. The first kappa shape index (κ1) is 9.50. The zero-order valence-electron chi connectivity index (χ0n) is 8.48. The number of carbonyl (C=O) groups is 1. The summed E-state index contributed by atoms with van der Waals surface area (Å²) in [6.07, 6.45) is 2.17. The van der Waals surface area contributed by atoms with Gasteiger partial charge in [0.1, 0.15) is 0 Å². The van der Waals surface area contributed by atoms with E-state index in [9.17, 15) is 4.79 Å². The highest BCUT2D eigenvalue weighted by atomic mass is 16.1. The number of hydrogen-bond acceptors (Lipinski definition) is 1. The first-order chi connectivity index (χ1) is 5.54. The van der Waals surface area contributed by atoms with Crippen molar-refractivity contribution < 1.29 is 4.79 Å². The van der Waals surface area contributed by atoms with Gasteiger partial charge in [-0.25, -0.2) is 0 Å². The van der Waals surface area contributed by atoms with Crippen LogP contribution in [0.1, 0.15) is 40.5 Å². The molecule has 1 nitrogen and oxygen atoms in total. The molecule has 0 heterocycles. The van der Waals surface area contributed by atoms with Crippen molar-refractivity contribution in [2.45, 2.75) is 40.5 Å². The minimum Gasteiger partial charge on any atom is -0.294 e. The molecule has 68 valence electrons. The van der Waals surface area contributed by atoms with Crippen molar-refractivity contribution in [3.8, 4) is 0 Å². The van der Waals surface area contributed by atoms with E-state index >= 15 is 0 Å². The quantitative estimate of drug-likeness (QED) is 0.585. The molecule has 1 aliphatic carbocycles. The lowest BCUT2D eigenvalue weighted by Gasteiger charge is -2.25. The molecule has 0 spiro atoms. The van der Waals surface area contributed by atoms with Crippen molar-refractivity contribution in [2.75, 3.05) is 0 Å². The second kappa shape index (κ2) is 3.42. The van der Waals surface area contributed by atoms with Crippen LogP contribution in [0.15, 0.2) is 11.1 Å². The molecule has 1 unspecified atom stereocenters. The third-order valence-corrected chi connectivity index (χ3v) is 2.98. The summed E-state index contributed by atoms with van der Waals surface area (Å²) in [6.45, 7) is 8.31. The van der Waals surface area contributed by atoms with Gasteiger partial charge >= 0.3 is 0 Å². The zero-order valence-corrected chi connectivity index (χ0v) is 8.48. The fraction of sp³-hybridized carbons (Fsp3) is 0.727. The molecule has 0 saturated heterocycles. The highest BCUT2D eigenvalue weighted by Gasteiger charge is 2.27.